The minimum Gasteiger partial charge on any atom is -0.481 e. The zero-order valence-corrected chi connectivity index (χ0v) is 15.4. The molecule has 0 saturated carbocycles. The van der Waals surface area contributed by atoms with E-state index in [0.717, 1.165) is 18.4 Å². The molecule has 7 heteroatoms. The van der Waals surface area contributed by atoms with Crippen molar-refractivity contribution in [3.8, 4) is 0 Å². The molecule has 0 unspecified atom stereocenters. The van der Waals surface area contributed by atoms with Crippen LogP contribution in [0.3, 0.4) is 0 Å². The summed E-state index contributed by atoms with van der Waals surface area (Å²) < 4.78 is 13.3. The highest BCUT2D eigenvalue weighted by molar-refractivity contribution is 5.90. The van der Waals surface area contributed by atoms with Crippen molar-refractivity contribution in [3.05, 3.63) is 35.6 Å². The number of likely N-dealkylation sites (tertiary alicyclic amines) is 2. The number of carboxylic acid groups (broad SMARTS) is 1. The van der Waals surface area contributed by atoms with E-state index in [-0.39, 0.29) is 36.5 Å². The summed E-state index contributed by atoms with van der Waals surface area (Å²) in [6.07, 6.45) is 2.54. The van der Waals surface area contributed by atoms with E-state index in [1.54, 1.807) is 29.0 Å². The molecule has 0 radical (unpaired) electrons. The Hall–Kier alpha value is -2.44. The van der Waals surface area contributed by atoms with Crippen molar-refractivity contribution in [2.45, 2.75) is 38.1 Å². The van der Waals surface area contributed by atoms with E-state index in [2.05, 4.69) is 0 Å². The maximum absolute atomic E-state index is 13.3. The number of carbonyl (C=O) groups excluding carboxylic acids is 2. The molecule has 0 aromatic heterocycles. The van der Waals surface area contributed by atoms with Gasteiger partial charge in [-0.2, -0.15) is 0 Å². The number of hydrogen-bond acceptors (Lipinski definition) is 3. The van der Waals surface area contributed by atoms with Crippen molar-refractivity contribution in [2.24, 2.45) is 11.8 Å². The number of halogens is 1. The van der Waals surface area contributed by atoms with Crippen LogP contribution in [-0.2, 0) is 14.4 Å². The van der Waals surface area contributed by atoms with Crippen LogP contribution in [-0.4, -0.2) is 52.8 Å². The van der Waals surface area contributed by atoms with Gasteiger partial charge in [-0.1, -0.05) is 12.1 Å². The lowest BCUT2D eigenvalue weighted by molar-refractivity contribution is -0.139. The van der Waals surface area contributed by atoms with Crippen LogP contribution >= 0.6 is 0 Å². The molecule has 27 heavy (non-hydrogen) atoms. The van der Waals surface area contributed by atoms with Crippen molar-refractivity contribution in [1.82, 2.24) is 9.80 Å². The van der Waals surface area contributed by atoms with E-state index < -0.39 is 11.9 Å². The van der Waals surface area contributed by atoms with Crippen LogP contribution < -0.4 is 0 Å². The molecular formula is C20H25FN2O4. The molecule has 1 N–H and O–H groups in total. The lowest BCUT2D eigenvalue weighted by atomic mass is 9.89. The van der Waals surface area contributed by atoms with Crippen LogP contribution in [0, 0.1) is 17.7 Å². The van der Waals surface area contributed by atoms with Gasteiger partial charge in [0.1, 0.15) is 5.82 Å². The quantitative estimate of drug-likeness (QED) is 0.856. The van der Waals surface area contributed by atoms with Gasteiger partial charge in [0, 0.05) is 33.0 Å². The highest BCUT2D eigenvalue weighted by atomic mass is 19.1. The highest BCUT2D eigenvalue weighted by Gasteiger charge is 2.44. The first-order chi connectivity index (χ1) is 12.9. The predicted octanol–water partition coefficient (Wildman–Crippen LogP) is 2.45. The first kappa shape index (κ1) is 19.3. The molecule has 3 rings (SSSR count). The average Bonchev–Trinajstić information content (AvgIpc) is 2.95. The molecule has 2 aliphatic heterocycles. The molecule has 2 aliphatic rings. The Labute approximate surface area is 157 Å². The van der Waals surface area contributed by atoms with Crippen LogP contribution in [0.4, 0.5) is 4.39 Å². The van der Waals surface area contributed by atoms with E-state index in [4.69, 9.17) is 5.11 Å². The number of nitrogens with zero attached hydrogens (tertiary/aromatic N) is 2. The Morgan fingerprint density at radius 3 is 2.41 bits per heavy atom. The molecule has 0 bridgehead atoms. The van der Waals surface area contributed by atoms with E-state index in [1.165, 1.54) is 12.1 Å². The maximum Gasteiger partial charge on any atom is 0.303 e. The number of rotatable bonds is 5. The minimum absolute atomic E-state index is 0.0429. The van der Waals surface area contributed by atoms with Gasteiger partial charge in [0.25, 0.3) is 0 Å². The van der Waals surface area contributed by atoms with Crippen LogP contribution in [0.5, 0.6) is 0 Å². The summed E-state index contributed by atoms with van der Waals surface area (Å²) in [4.78, 5) is 39.4. The molecule has 0 spiro atoms. The van der Waals surface area contributed by atoms with Gasteiger partial charge in [-0.15, -0.1) is 0 Å². The molecule has 2 amide bonds. The number of carboxylic acids is 1. The maximum atomic E-state index is 13.3. The Morgan fingerprint density at radius 1 is 1.19 bits per heavy atom. The SMILES string of the molecule is CN1C(=O)C[C@H](C(=O)N2CCC(CCC(=O)O)CC2)[C@H]1c1ccc(F)cc1. The summed E-state index contributed by atoms with van der Waals surface area (Å²) in [5, 5.41) is 8.81. The monoisotopic (exact) mass is 376 g/mol. The second-order valence-corrected chi connectivity index (χ2v) is 7.51. The third-order valence-corrected chi connectivity index (χ3v) is 5.81. The zero-order chi connectivity index (χ0) is 19.6. The molecule has 0 aliphatic carbocycles. The van der Waals surface area contributed by atoms with Gasteiger partial charge in [0.15, 0.2) is 0 Å². The summed E-state index contributed by atoms with van der Waals surface area (Å²) in [6, 6.07) is 5.58. The fraction of sp³-hybridized carbons (Fsp3) is 0.550. The van der Waals surface area contributed by atoms with E-state index in [9.17, 15) is 18.8 Å². The number of aliphatic carboxylic acids is 1. The molecule has 1 aromatic rings. The molecule has 2 saturated heterocycles. The van der Waals surface area contributed by atoms with Crippen molar-refractivity contribution in [1.29, 1.82) is 0 Å². The lowest BCUT2D eigenvalue weighted by Gasteiger charge is -2.35. The lowest BCUT2D eigenvalue weighted by Crippen LogP contribution is -2.43. The Bertz CT molecular complexity index is 713. The highest BCUT2D eigenvalue weighted by Crippen LogP contribution is 2.38. The topological polar surface area (TPSA) is 77.9 Å². The minimum atomic E-state index is -0.789. The second-order valence-electron chi connectivity index (χ2n) is 7.51. The molecule has 2 heterocycles. The Balaban J connectivity index is 1.67. The average molecular weight is 376 g/mol. The molecular weight excluding hydrogens is 351 g/mol. The van der Waals surface area contributed by atoms with E-state index in [0.29, 0.717) is 25.4 Å². The normalized spacial score (nSPS) is 23.7. The van der Waals surface area contributed by atoms with Gasteiger partial charge in [0.05, 0.1) is 12.0 Å². The van der Waals surface area contributed by atoms with Crippen molar-refractivity contribution >= 4 is 17.8 Å². The first-order valence-corrected chi connectivity index (χ1v) is 9.38. The number of piperidine rings is 1. The van der Waals surface area contributed by atoms with Crippen molar-refractivity contribution in [3.63, 3.8) is 0 Å². The standard InChI is InChI=1S/C20H25FN2O4/c1-22-17(24)12-16(19(22)14-3-5-15(21)6-4-14)20(27)23-10-8-13(9-11-23)2-7-18(25)26/h3-6,13,16,19H,2,7-12H2,1H3,(H,25,26)/t16-,19+/m0/s1. The molecule has 2 fully saturated rings. The van der Waals surface area contributed by atoms with Gasteiger partial charge in [-0.05, 0) is 42.9 Å². The van der Waals surface area contributed by atoms with Gasteiger partial charge in [0.2, 0.25) is 11.8 Å². The van der Waals surface area contributed by atoms with Gasteiger partial charge in [-0.3, -0.25) is 14.4 Å². The number of carbonyl (C=O) groups is 3. The predicted molar refractivity (Wildman–Crippen MR) is 96.2 cm³/mol. The summed E-state index contributed by atoms with van der Waals surface area (Å²) in [5.41, 5.74) is 0.763. The van der Waals surface area contributed by atoms with Crippen LogP contribution in [0.1, 0.15) is 43.7 Å². The van der Waals surface area contributed by atoms with Crippen LogP contribution in [0.15, 0.2) is 24.3 Å². The number of hydrogen-bond donors (Lipinski definition) is 1. The molecule has 2 atom stereocenters. The number of amides is 2. The van der Waals surface area contributed by atoms with Crippen LogP contribution in [0.2, 0.25) is 0 Å². The van der Waals surface area contributed by atoms with Crippen molar-refractivity contribution < 1.29 is 23.9 Å². The largest absolute Gasteiger partial charge is 0.481 e. The van der Waals surface area contributed by atoms with E-state index in [1.807, 2.05) is 0 Å². The van der Waals surface area contributed by atoms with Crippen LogP contribution in [0.25, 0.3) is 0 Å². The first-order valence-electron chi connectivity index (χ1n) is 9.38. The fourth-order valence-corrected chi connectivity index (χ4v) is 4.21. The Morgan fingerprint density at radius 2 is 1.81 bits per heavy atom. The fourth-order valence-electron chi connectivity index (χ4n) is 4.21. The summed E-state index contributed by atoms with van der Waals surface area (Å²) in [7, 11) is 1.68. The van der Waals surface area contributed by atoms with Gasteiger partial charge >= 0.3 is 5.97 Å². The van der Waals surface area contributed by atoms with Crippen molar-refractivity contribution in [2.75, 3.05) is 20.1 Å². The molecule has 146 valence electrons. The molecule has 6 nitrogen and oxygen atoms in total. The molecule has 1 aromatic carbocycles. The number of benzene rings is 1. The summed E-state index contributed by atoms with van der Waals surface area (Å²) >= 11 is 0. The summed E-state index contributed by atoms with van der Waals surface area (Å²) in [6.45, 7) is 1.18. The Kier molecular flexibility index (Phi) is 5.77. The smallest absolute Gasteiger partial charge is 0.303 e. The zero-order valence-electron chi connectivity index (χ0n) is 15.4. The van der Waals surface area contributed by atoms with Gasteiger partial charge < -0.3 is 14.9 Å². The third kappa shape index (κ3) is 4.28. The van der Waals surface area contributed by atoms with E-state index >= 15 is 0 Å². The second kappa shape index (κ2) is 8.06. The third-order valence-electron chi connectivity index (χ3n) is 5.81. The summed E-state index contributed by atoms with van der Waals surface area (Å²) in [5.74, 6) is -1.41. The van der Waals surface area contributed by atoms with Gasteiger partial charge in [-0.25, -0.2) is 4.39 Å².